The minimum absolute atomic E-state index is 0.0257. The van der Waals surface area contributed by atoms with Gasteiger partial charge in [0.1, 0.15) is 10.4 Å². The summed E-state index contributed by atoms with van der Waals surface area (Å²) in [7, 11) is 0. The molecule has 1 saturated carbocycles. The highest BCUT2D eigenvalue weighted by atomic mass is 32.2. The largest absolute Gasteiger partial charge is 0.485 e. The first kappa shape index (κ1) is 21.1. The second-order valence-corrected chi connectivity index (χ2v) is 9.35. The van der Waals surface area contributed by atoms with Crippen molar-refractivity contribution in [2.45, 2.75) is 37.0 Å². The highest BCUT2D eigenvalue weighted by Crippen LogP contribution is 2.36. The second-order valence-electron chi connectivity index (χ2n) is 8.16. The van der Waals surface area contributed by atoms with Crippen LogP contribution in [0.15, 0.2) is 30.3 Å². The molecule has 5 rings (SSSR count). The minimum Gasteiger partial charge on any atom is -0.485 e. The predicted octanol–water partition coefficient (Wildman–Crippen LogP) is 3.60. The lowest BCUT2D eigenvalue weighted by molar-refractivity contribution is -0.118. The second kappa shape index (κ2) is 8.63. The molecule has 8 nitrogen and oxygen atoms in total. The van der Waals surface area contributed by atoms with Crippen LogP contribution in [0.3, 0.4) is 0 Å². The number of nitrogens with zero attached hydrogens (tertiary/aromatic N) is 2. The number of ether oxygens (including phenoxy) is 2. The van der Waals surface area contributed by atoms with Gasteiger partial charge >= 0.3 is 0 Å². The van der Waals surface area contributed by atoms with Crippen molar-refractivity contribution in [2.75, 3.05) is 31.3 Å². The fourth-order valence-corrected chi connectivity index (χ4v) is 4.71. The normalized spacial score (nSPS) is 20.4. The monoisotopic (exact) mass is 453 g/mol. The molecule has 1 amide bonds. The van der Waals surface area contributed by atoms with Crippen LogP contribution in [0.5, 0.6) is 11.6 Å². The number of carbonyl (C=O) groups excluding carboxylic acids is 1. The van der Waals surface area contributed by atoms with Crippen molar-refractivity contribution in [3.63, 3.8) is 0 Å². The summed E-state index contributed by atoms with van der Waals surface area (Å²) in [5.74, 6) is 1.17. The third-order valence-electron chi connectivity index (χ3n) is 5.91. The van der Waals surface area contributed by atoms with Crippen LogP contribution in [-0.2, 0) is 4.79 Å². The van der Waals surface area contributed by atoms with Crippen LogP contribution in [-0.4, -0.2) is 57.9 Å². The lowest BCUT2D eigenvalue weighted by Crippen LogP contribution is -2.41. The Bertz CT molecular complexity index is 1140. The molecule has 1 saturated heterocycles. The number of H-pyrrole nitrogens is 1. The molecule has 32 heavy (non-hydrogen) atoms. The molecule has 3 N–H and O–H groups in total. The first-order valence-electron chi connectivity index (χ1n) is 11.0. The van der Waals surface area contributed by atoms with E-state index in [1.807, 2.05) is 43.5 Å². The topological polar surface area (TPSA) is 101 Å². The van der Waals surface area contributed by atoms with Crippen molar-refractivity contribution < 1.29 is 14.3 Å². The van der Waals surface area contributed by atoms with E-state index in [0.717, 1.165) is 42.4 Å². The third-order valence-corrected chi connectivity index (χ3v) is 7.22. The van der Waals surface area contributed by atoms with Gasteiger partial charge in [-0.2, -0.15) is 5.10 Å². The van der Waals surface area contributed by atoms with Gasteiger partial charge in [-0.25, -0.2) is 4.98 Å². The van der Waals surface area contributed by atoms with Gasteiger partial charge in [0, 0.05) is 17.6 Å². The number of pyridine rings is 1. The standard InChI is InChI=1S/C23H27N5O3S/c1-3-30-21-19(31-15-5-6-15)9-8-18(26-21)20-16-12-14(4-7-17(16)27-28-20)25-22(29)23(32-2)10-11-24-13-23/h4,7-9,12,15,24H,3,5-6,10-11,13H2,1-2H3,(H,25,29)(H,27,28)/t23-/m0/s1. The number of thioether (sulfide) groups is 1. The number of benzene rings is 1. The van der Waals surface area contributed by atoms with Crippen molar-refractivity contribution in [1.82, 2.24) is 20.5 Å². The fraction of sp³-hybridized carbons (Fsp3) is 0.435. The van der Waals surface area contributed by atoms with Crippen molar-refractivity contribution in [3.8, 4) is 23.0 Å². The number of hydrogen-bond donors (Lipinski definition) is 3. The SMILES string of the molecule is CCOc1nc(-c2n[nH]c3ccc(NC(=O)[C@]4(SC)CCNC4)cc23)ccc1OC1CC1. The predicted molar refractivity (Wildman–Crippen MR) is 127 cm³/mol. The molecule has 1 aromatic carbocycles. The molecule has 0 bridgehead atoms. The van der Waals surface area contributed by atoms with Gasteiger partial charge in [0.05, 0.1) is 23.9 Å². The lowest BCUT2D eigenvalue weighted by atomic mass is 10.1. The first-order valence-corrected chi connectivity index (χ1v) is 12.2. The summed E-state index contributed by atoms with van der Waals surface area (Å²) < 4.78 is 11.2. The van der Waals surface area contributed by atoms with Gasteiger partial charge in [0.2, 0.25) is 5.91 Å². The van der Waals surface area contributed by atoms with Crippen LogP contribution in [0.4, 0.5) is 5.69 Å². The van der Waals surface area contributed by atoms with Crippen molar-refractivity contribution >= 4 is 34.3 Å². The van der Waals surface area contributed by atoms with Gasteiger partial charge in [-0.05, 0) is 69.3 Å². The van der Waals surface area contributed by atoms with Gasteiger partial charge in [-0.15, -0.1) is 11.8 Å². The van der Waals surface area contributed by atoms with E-state index in [0.29, 0.717) is 36.2 Å². The molecule has 0 radical (unpaired) electrons. The molecule has 2 fully saturated rings. The highest BCUT2D eigenvalue weighted by Gasteiger charge is 2.40. The average molecular weight is 454 g/mol. The van der Waals surface area contributed by atoms with Gasteiger partial charge in [0.25, 0.3) is 5.88 Å². The van der Waals surface area contributed by atoms with Crippen LogP contribution < -0.4 is 20.1 Å². The van der Waals surface area contributed by atoms with Crippen LogP contribution in [0.2, 0.25) is 0 Å². The van der Waals surface area contributed by atoms with E-state index >= 15 is 0 Å². The molecule has 9 heteroatoms. The van der Waals surface area contributed by atoms with E-state index in [-0.39, 0.29) is 12.0 Å². The number of aromatic amines is 1. The number of hydrogen-bond acceptors (Lipinski definition) is 7. The number of anilines is 1. The number of carbonyl (C=O) groups is 1. The maximum Gasteiger partial charge on any atom is 0.257 e. The lowest BCUT2D eigenvalue weighted by Gasteiger charge is -2.24. The van der Waals surface area contributed by atoms with E-state index in [2.05, 4.69) is 25.8 Å². The number of rotatable bonds is 8. The van der Waals surface area contributed by atoms with E-state index in [1.165, 1.54) is 0 Å². The van der Waals surface area contributed by atoms with E-state index < -0.39 is 4.75 Å². The first-order chi connectivity index (χ1) is 15.6. The zero-order chi connectivity index (χ0) is 22.1. The summed E-state index contributed by atoms with van der Waals surface area (Å²) in [5.41, 5.74) is 3.01. The van der Waals surface area contributed by atoms with Gasteiger partial charge in [-0.3, -0.25) is 9.89 Å². The molecule has 3 heterocycles. The van der Waals surface area contributed by atoms with E-state index in [9.17, 15) is 4.79 Å². The smallest absolute Gasteiger partial charge is 0.257 e. The number of nitrogens with one attached hydrogen (secondary N) is 3. The minimum atomic E-state index is -0.431. The summed E-state index contributed by atoms with van der Waals surface area (Å²) in [6, 6.07) is 9.55. The Morgan fingerprint density at radius 3 is 2.91 bits per heavy atom. The number of amides is 1. The van der Waals surface area contributed by atoms with Crippen molar-refractivity contribution in [3.05, 3.63) is 30.3 Å². The maximum absolute atomic E-state index is 13.0. The quantitative estimate of drug-likeness (QED) is 0.479. The maximum atomic E-state index is 13.0. The zero-order valence-corrected chi connectivity index (χ0v) is 19.1. The molecule has 2 aliphatic rings. The molecule has 3 aromatic rings. The molecule has 1 atom stereocenters. The van der Waals surface area contributed by atoms with Crippen LogP contribution in [0, 0.1) is 0 Å². The molecule has 1 aliphatic carbocycles. The molecule has 1 aliphatic heterocycles. The molecular formula is C23H27N5O3S. The van der Waals surface area contributed by atoms with Gasteiger partial charge in [0.15, 0.2) is 5.75 Å². The summed E-state index contributed by atoms with van der Waals surface area (Å²) >= 11 is 1.60. The molecule has 2 aromatic heterocycles. The summed E-state index contributed by atoms with van der Waals surface area (Å²) in [5, 5.41) is 14.8. The van der Waals surface area contributed by atoms with Gasteiger partial charge in [-0.1, -0.05) is 0 Å². The van der Waals surface area contributed by atoms with Crippen LogP contribution in [0.1, 0.15) is 26.2 Å². The van der Waals surface area contributed by atoms with Crippen molar-refractivity contribution in [2.24, 2.45) is 0 Å². The molecule has 0 spiro atoms. The Morgan fingerprint density at radius 1 is 1.31 bits per heavy atom. The molecule has 168 valence electrons. The summed E-state index contributed by atoms with van der Waals surface area (Å²) in [6.45, 7) is 3.96. The Balaban J connectivity index is 1.45. The molecular weight excluding hydrogens is 426 g/mol. The Hall–Kier alpha value is -2.78. The Morgan fingerprint density at radius 2 is 2.19 bits per heavy atom. The van der Waals surface area contributed by atoms with E-state index in [1.54, 1.807) is 11.8 Å². The average Bonchev–Trinajstić information content (AvgIpc) is 3.32. The number of fused-ring (bicyclic) bond motifs is 1. The van der Waals surface area contributed by atoms with Crippen LogP contribution in [0.25, 0.3) is 22.3 Å². The summed E-state index contributed by atoms with van der Waals surface area (Å²) in [4.78, 5) is 17.7. The Labute approximate surface area is 190 Å². The Kier molecular flexibility index (Phi) is 5.69. The highest BCUT2D eigenvalue weighted by molar-refractivity contribution is 8.00. The van der Waals surface area contributed by atoms with Crippen molar-refractivity contribution in [1.29, 1.82) is 0 Å². The van der Waals surface area contributed by atoms with Gasteiger partial charge < -0.3 is 20.1 Å². The molecule has 0 unspecified atom stereocenters. The number of aromatic nitrogens is 3. The van der Waals surface area contributed by atoms with E-state index in [4.69, 9.17) is 9.47 Å². The fourth-order valence-electron chi connectivity index (χ4n) is 3.92. The third kappa shape index (κ3) is 4.02. The zero-order valence-electron chi connectivity index (χ0n) is 18.2. The van der Waals surface area contributed by atoms with Crippen LogP contribution >= 0.6 is 11.8 Å². The summed E-state index contributed by atoms with van der Waals surface area (Å²) in [6.07, 6.45) is 5.21.